The minimum absolute atomic E-state index is 0.899. The maximum absolute atomic E-state index is 5.52. The Morgan fingerprint density at radius 3 is 3.00 bits per heavy atom. The van der Waals surface area contributed by atoms with E-state index in [2.05, 4.69) is 31.3 Å². The van der Waals surface area contributed by atoms with Crippen molar-refractivity contribution in [1.82, 2.24) is 5.32 Å². The Morgan fingerprint density at radius 1 is 1.31 bits per heavy atom. The Hall–Kier alpha value is -1.28. The van der Waals surface area contributed by atoms with Crippen molar-refractivity contribution in [2.24, 2.45) is 0 Å². The summed E-state index contributed by atoms with van der Waals surface area (Å²) in [6, 6.07) is 6.32. The second kappa shape index (κ2) is 5.17. The van der Waals surface area contributed by atoms with Crippen molar-refractivity contribution < 1.29 is 4.42 Å². The largest absolute Gasteiger partial charge is 0.464 e. The number of unbranched alkanes of at least 4 members (excludes halogenated alkanes) is 1. The third-order valence-electron chi connectivity index (χ3n) is 2.83. The number of benzene rings is 1. The molecule has 2 aromatic rings. The highest BCUT2D eigenvalue weighted by Gasteiger charge is 2.04. The van der Waals surface area contributed by atoms with Crippen LogP contribution in [0.25, 0.3) is 11.0 Å². The van der Waals surface area contributed by atoms with E-state index in [1.54, 1.807) is 0 Å². The summed E-state index contributed by atoms with van der Waals surface area (Å²) in [5.41, 5.74) is 3.52. The third-order valence-corrected chi connectivity index (χ3v) is 2.83. The van der Waals surface area contributed by atoms with Crippen LogP contribution < -0.4 is 5.32 Å². The number of hydrogen-bond donors (Lipinski definition) is 1. The van der Waals surface area contributed by atoms with Gasteiger partial charge in [-0.05, 0) is 32.0 Å². The summed E-state index contributed by atoms with van der Waals surface area (Å²) in [6.45, 7) is 6.30. The van der Waals surface area contributed by atoms with Gasteiger partial charge in [-0.2, -0.15) is 0 Å². The molecule has 2 heteroatoms. The SMILES string of the molecule is CCCCNCc1coc2ccc(C)cc12. The summed E-state index contributed by atoms with van der Waals surface area (Å²) in [7, 11) is 0. The van der Waals surface area contributed by atoms with Crippen molar-refractivity contribution in [1.29, 1.82) is 0 Å². The highest BCUT2D eigenvalue weighted by molar-refractivity contribution is 5.81. The summed E-state index contributed by atoms with van der Waals surface area (Å²) in [6.07, 6.45) is 4.33. The molecule has 0 radical (unpaired) electrons. The highest BCUT2D eigenvalue weighted by atomic mass is 16.3. The molecule has 0 aliphatic carbocycles. The van der Waals surface area contributed by atoms with E-state index in [0.29, 0.717) is 0 Å². The smallest absolute Gasteiger partial charge is 0.134 e. The molecule has 0 saturated carbocycles. The van der Waals surface area contributed by atoms with Gasteiger partial charge in [-0.3, -0.25) is 0 Å². The van der Waals surface area contributed by atoms with Crippen LogP contribution in [0.3, 0.4) is 0 Å². The average molecular weight is 217 g/mol. The lowest BCUT2D eigenvalue weighted by Gasteiger charge is -2.01. The van der Waals surface area contributed by atoms with Gasteiger partial charge >= 0.3 is 0 Å². The van der Waals surface area contributed by atoms with Gasteiger partial charge in [0.2, 0.25) is 0 Å². The van der Waals surface area contributed by atoms with Gasteiger partial charge < -0.3 is 9.73 Å². The lowest BCUT2D eigenvalue weighted by atomic mass is 10.1. The van der Waals surface area contributed by atoms with Crippen molar-refractivity contribution in [2.45, 2.75) is 33.2 Å². The molecular formula is C14H19NO. The van der Waals surface area contributed by atoms with E-state index < -0.39 is 0 Å². The number of nitrogens with one attached hydrogen (secondary N) is 1. The predicted octanol–water partition coefficient (Wildman–Crippen LogP) is 3.63. The quantitative estimate of drug-likeness (QED) is 0.774. The summed E-state index contributed by atoms with van der Waals surface area (Å²) in [5, 5.41) is 4.68. The van der Waals surface area contributed by atoms with Crippen molar-refractivity contribution in [2.75, 3.05) is 6.54 Å². The Morgan fingerprint density at radius 2 is 2.19 bits per heavy atom. The average Bonchev–Trinajstić information content (AvgIpc) is 2.67. The van der Waals surface area contributed by atoms with Gasteiger partial charge in [0.1, 0.15) is 5.58 Å². The number of furan rings is 1. The molecule has 86 valence electrons. The Labute approximate surface area is 96.6 Å². The molecule has 1 aromatic carbocycles. The van der Waals surface area contributed by atoms with Crippen LogP contribution in [0.4, 0.5) is 0 Å². The molecule has 0 amide bonds. The van der Waals surface area contributed by atoms with Gasteiger partial charge in [0.25, 0.3) is 0 Å². The second-order valence-corrected chi connectivity index (χ2v) is 4.29. The van der Waals surface area contributed by atoms with Gasteiger partial charge in [-0.1, -0.05) is 25.0 Å². The zero-order valence-corrected chi connectivity index (χ0v) is 10.0. The molecule has 0 atom stereocenters. The van der Waals surface area contributed by atoms with Crippen LogP contribution in [0.5, 0.6) is 0 Å². The summed E-state index contributed by atoms with van der Waals surface area (Å²) >= 11 is 0. The molecule has 1 N–H and O–H groups in total. The summed E-state index contributed by atoms with van der Waals surface area (Å²) in [5.74, 6) is 0. The van der Waals surface area contributed by atoms with Gasteiger partial charge in [-0.15, -0.1) is 0 Å². The molecular weight excluding hydrogens is 198 g/mol. The van der Waals surface area contributed by atoms with Gasteiger partial charge in [0.15, 0.2) is 0 Å². The van der Waals surface area contributed by atoms with Crippen LogP contribution >= 0.6 is 0 Å². The highest BCUT2D eigenvalue weighted by Crippen LogP contribution is 2.22. The predicted molar refractivity (Wildman–Crippen MR) is 67.6 cm³/mol. The van der Waals surface area contributed by atoms with E-state index >= 15 is 0 Å². The van der Waals surface area contributed by atoms with Crippen LogP contribution in [-0.2, 0) is 6.54 Å². The molecule has 2 rings (SSSR count). The number of fused-ring (bicyclic) bond motifs is 1. The first-order chi connectivity index (χ1) is 7.81. The van der Waals surface area contributed by atoms with Crippen LogP contribution in [0.15, 0.2) is 28.9 Å². The third kappa shape index (κ3) is 2.45. The summed E-state index contributed by atoms with van der Waals surface area (Å²) < 4.78 is 5.52. The van der Waals surface area contributed by atoms with Crippen LogP contribution in [0.1, 0.15) is 30.9 Å². The molecule has 0 saturated heterocycles. The molecule has 0 aliphatic heterocycles. The van der Waals surface area contributed by atoms with E-state index in [1.165, 1.54) is 29.4 Å². The maximum atomic E-state index is 5.52. The minimum atomic E-state index is 0.899. The molecule has 0 aliphatic rings. The molecule has 0 bridgehead atoms. The number of rotatable bonds is 5. The van der Waals surface area contributed by atoms with E-state index in [4.69, 9.17) is 4.42 Å². The van der Waals surface area contributed by atoms with Gasteiger partial charge in [0.05, 0.1) is 6.26 Å². The van der Waals surface area contributed by atoms with Gasteiger partial charge in [-0.25, -0.2) is 0 Å². The van der Waals surface area contributed by atoms with Crippen LogP contribution in [0, 0.1) is 6.92 Å². The van der Waals surface area contributed by atoms with E-state index in [1.807, 2.05) is 12.3 Å². The Bertz CT molecular complexity index is 459. The first kappa shape index (κ1) is 11.2. The fourth-order valence-electron chi connectivity index (χ4n) is 1.86. The number of aryl methyl sites for hydroxylation is 1. The van der Waals surface area contributed by atoms with E-state index in [-0.39, 0.29) is 0 Å². The van der Waals surface area contributed by atoms with Crippen molar-refractivity contribution in [3.63, 3.8) is 0 Å². The number of hydrogen-bond acceptors (Lipinski definition) is 2. The van der Waals surface area contributed by atoms with Crippen molar-refractivity contribution in [3.8, 4) is 0 Å². The fraction of sp³-hybridized carbons (Fsp3) is 0.429. The van der Waals surface area contributed by atoms with Crippen LogP contribution in [-0.4, -0.2) is 6.54 Å². The monoisotopic (exact) mass is 217 g/mol. The molecule has 1 aromatic heterocycles. The van der Waals surface area contributed by atoms with E-state index in [0.717, 1.165) is 18.7 Å². The van der Waals surface area contributed by atoms with E-state index in [9.17, 15) is 0 Å². The topological polar surface area (TPSA) is 25.2 Å². The Kier molecular flexibility index (Phi) is 3.62. The zero-order chi connectivity index (χ0) is 11.4. The van der Waals surface area contributed by atoms with Crippen LogP contribution in [0.2, 0.25) is 0 Å². The standard InChI is InChI=1S/C14H19NO/c1-3-4-7-15-9-12-10-16-14-6-5-11(2)8-13(12)14/h5-6,8,10,15H,3-4,7,9H2,1-2H3. The van der Waals surface area contributed by atoms with Gasteiger partial charge in [0, 0.05) is 17.5 Å². The Balaban J connectivity index is 2.09. The second-order valence-electron chi connectivity index (χ2n) is 4.29. The molecule has 0 unspecified atom stereocenters. The first-order valence-corrected chi connectivity index (χ1v) is 5.98. The first-order valence-electron chi connectivity index (χ1n) is 5.98. The maximum Gasteiger partial charge on any atom is 0.134 e. The summed E-state index contributed by atoms with van der Waals surface area (Å²) in [4.78, 5) is 0. The van der Waals surface area contributed by atoms with Crippen molar-refractivity contribution in [3.05, 3.63) is 35.6 Å². The lowest BCUT2D eigenvalue weighted by Crippen LogP contribution is -2.13. The molecule has 1 heterocycles. The molecule has 0 spiro atoms. The minimum Gasteiger partial charge on any atom is -0.464 e. The molecule has 0 fully saturated rings. The van der Waals surface area contributed by atoms with Crippen molar-refractivity contribution >= 4 is 11.0 Å². The zero-order valence-electron chi connectivity index (χ0n) is 10.0. The molecule has 16 heavy (non-hydrogen) atoms. The lowest BCUT2D eigenvalue weighted by molar-refractivity contribution is 0.597. The fourth-order valence-corrected chi connectivity index (χ4v) is 1.86. The molecule has 2 nitrogen and oxygen atoms in total. The normalized spacial score (nSPS) is 11.1.